The number of para-hydroxylation sites is 1. The van der Waals surface area contributed by atoms with Crippen molar-refractivity contribution in [3.05, 3.63) is 59.7 Å². The van der Waals surface area contributed by atoms with E-state index in [1.807, 2.05) is 47.6 Å². The van der Waals surface area contributed by atoms with Gasteiger partial charge in [-0.05, 0) is 37.1 Å². The maximum atomic E-state index is 12.6. The molecule has 0 bridgehead atoms. The molecule has 0 saturated carbocycles. The first kappa shape index (κ1) is 11.5. The van der Waals surface area contributed by atoms with E-state index in [1.165, 1.54) is 11.1 Å². The molecule has 0 radical (unpaired) electrons. The van der Waals surface area contributed by atoms with Crippen molar-refractivity contribution in [2.24, 2.45) is 0 Å². The topological polar surface area (TPSA) is 20.3 Å². The summed E-state index contributed by atoms with van der Waals surface area (Å²) >= 11 is 0. The lowest BCUT2D eigenvalue weighted by Gasteiger charge is -2.18. The first-order chi connectivity index (χ1) is 8.75. The van der Waals surface area contributed by atoms with Crippen LogP contribution in [-0.2, 0) is 17.4 Å². The molecule has 0 spiro atoms. The number of aryl methyl sites for hydroxylation is 1. The summed E-state index contributed by atoms with van der Waals surface area (Å²) in [6.07, 6.45) is 0.980. The fourth-order valence-corrected chi connectivity index (χ4v) is 3.50. The van der Waals surface area contributed by atoms with Crippen LogP contribution in [0.15, 0.2) is 53.4 Å². The fraction of sp³-hybridized carbons (Fsp3) is 0.200. The number of benzene rings is 2. The summed E-state index contributed by atoms with van der Waals surface area (Å²) in [4.78, 5) is 0.873. The lowest BCUT2D eigenvalue weighted by Crippen LogP contribution is -2.23. The van der Waals surface area contributed by atoms with Gasteiger partial charge in [0, 0.05) is 6.54 Å². The first-order valence-corrected chi connectivity index (χ1v) is 7.20. The number of hydrogen-bond acceptors (Lipinski definition) is 1. The highest BCUT2D eigenvalue weighted by atomic mass is 32.2. The molecule has 0 aliphatic carbocycles. The summed E-state index contributed by atoms with van der Waals surface area (Å²) in [5, 5.41) is 0. The van der Waals surface area contributed by atoms with Crippen molar-refractivity contribution in [1.82, 2.24) is 0 Å². The van der Waals surface area contributed by atoms with Gasteiger partial charge in [0.05, 0.1) is 10.6 Å². The van der Waals surface area contributed by atoms with Crippen molar-refractivity contribution < 1.29 is 4.21 Å². The van der Waals surface area contributed by atoms with Crippen LogP contribution in [0, 0.1) is 6.92 Å². The average molecular weight is 257 g/mol. The zero-order valence-electron chi connectivity index (χ0n) is 10.3. The standard InChI is InChI=1S/C15H15NOS/c1-12-6-8-14(9-7-12)18(17)16-11-10-13-4-2-3-5-15(13)16/h2-9H,10-11H2,1H3. The van der Waals surface area contributed by atoms with Gasteiger partial charge in [-0.2, -0.15) is 0 Å². The number of hydrogen-bond donors (Lipinski definition) is 0. The zero-order valence-corrected chi connectivity index (χ0v) is 11.1. The maximum absolute atomic E-state index is 12.6. The molecule has 0 fully saturated rings. The van der Waals surface area contributed by atoms with Crippen molar-refractivity contribution in [1.29, 1.82) is 0 Å². The molecule has 1 heterocycles. The Labute approximate surface area is 110 Å². The Kier molecular flexibility index (Phi) is 2.92. The van der Waals surface area contributed by atoms with Crippen molar-refractivity contribution >= 4 is 16.7 Å². The molecule has 1 unspecified atom stereocenters. The van der Waals surface area contributed by atoms with Gasteiger partial charge in [0.15, 0.2) is 11.0 Å². The molecule has 18 heavy (non-hydrogen) atoms. The minimum absolute atomic E-state index is 0.833. The number of fused-ring (bicyclic) bond motifs is 1. The quantitative estimate of drug-likeness (QED) is 0.809. The van der Waals surface area contributed by atoms with Crippen LogP contribution in [-0.4, -0.2) is 10.8 Å². The summed E-state index contributed by atoms with van der Waals surface area (Å²) in [6.45, 7) is 2.87. The van der Waals surface area contributed by atoms with E-state index in [-0.39, 0.29) is 0 Å². The highest BCUT2D eigenvalue weighted by molar-refractivity contribution is 7.86. The Hall–Kier alpha value is -1.61. The second kappa shape index (κ2) is 4.58. The Morgan fingerprint density at radius 2 is 1.78 bits per heavy atom. The SMILES string of the molecule is Cc1ccc(S(=O)N2CCc3ccccc32)cc1. The van der Waals surface area contributed by atoms with Crippen LogP contribution in [0.25, 0.3) is 0 Å². The molecule has 2 aromatic rings. The summed E-state index contributed by atoms with van der Waals surface area (Å²) < 4.78 is 14.5. The lowest BCUT2D eigenvalue weighted by molar-refractivity contribution is 0.680. The molecule has 0 amide bonds. The van der Waals surface area contributed by atoms with E-state index in [0.29, 0.717) is 0 Å². The molecule has 3 heteroatoms. The van der Waals surface area contributed by atoms with Gasteiger partial charge in [-0.1, -0.05) is 35.9 Å². The van der Waals surface area contributed by atoms with Crippen LogP contribution in [0.1, 0.15) is 11.1 Å². The molecule has 1 atom stereocenters. The largest absolute Gasteiger partial charge is 0.287 e. The van der Waals surface area contributed by atoms with Crippen molar-refractivity contribution in [3.8, 4) is 0 Å². The van der Waals surface area contributed by atoms with E-state index in [4.69, 9.17) is 0 Å². The maximum Gasteiger partial charge on any atom is 0.152 e. The normalized spacial score (nSPS) is 15.5. The van der Waals surface area contributed by atoms with Gasteiger partial charge in [0.25, 0.3) is 0 Å². The van der Waals surface area contributed by atoms with Gasteiger partial charge in [-0.3, -0.25) is 4.31 Å². The van der Waals surface area contributed by atoms with Crippen LogP contribution in [0.3, 0.4) is 0 Å². The van der Waals surface area contributed by atoms with E-state index in [1.54, 1.807) is 0 Å². The van der Waals surface area contributed by atoms with Crippen LogP contribution < -0.4 is 4.31 Å². The molecule has 0 aromatic heterocycles. The number of rotatable bonds is 2. The molecule has 0 N–H and O–H groups in total. The molecule has 1 aliphatic heterocycles. The predicted octanol–water partition coefficient (Wildman–Crippen LogP) is 3.08. The third kappa shape index (κ3) is 1.95. The van der Waals surface area contributed by atoms with Gasteiger partial charge in [-0.25, -0.2) is 4.21 Å². The number of anilines is 1. The average Bonchev–Trinajstić information content (AvgIpc) is 2.82. The van der Waals surface area contributed by atoms with Crippen molar-refractivity contribution in [2.45, 2.75) is 18.2 Å². The smallest absolute Gasteiger partial charge is 0.152 e. The highest BCUT2D eigenvalue weighted by Gasteiger charge is 2.23. The van der Waals surface area contributed by atoms with E-state index in [9.17, 15) is 4.21 Å². The Morgan fingerprint density at radius 1 is 1.06 bits per heavy atom. The summed E-state index contributed by atoms with van der Waals surface area (Å²) in [5.41, 5.74) is 3.59. The third-order valence-corrected chi connectivity index (χ3v) is 4.72. The van der Waals surface area contributed by atoms with Gasteiger partial charge >= 0.3 is 0 Å². The monoisotopic (exact) mass is 257 g/mol. The van der Waals surface area contributed by atoms with Crippen molar-refractivity contribution in [2.75, 3.05) is 10.8 Å². The van der Waals surface area contributed by atoms with Gasteiger partial charge < -0.3 is 0 Å². The van der Waals surface area contributed by atoms with Gasteiger partial charge in [0.1, 0.15) is 0 Å². The molecule has 2 aromatic carbocycles. The third-order valence-electron chi connectivity index (χ3n) is 3.27. The second-order valence-electron chi connectivity index (χ2n) is 4.54. The molecular formula is C15H15NOS. The zero-order chi connectivity index (χ0) is 12.5. The predicted molar refractivity (Wildman–Crippen MR) is 75.1 cm³/mol. The van der Waals surface area contributed by atoms with Gasteiger partial charge in [-0.15, -0.1) is 0 Å². The molecule has 92 valence electrons. The second-order valence-corrected chi connectivity index (χ2v) is 5.95. The molecule has 3 rings (SSSR count). The molecule has 1 aliphatic rings. The Balaban J connectivity index is 1.93. The van der Waals surface area contributed by atoms with Crippen molar-refractivity contribution in [3.63, 3.8) is 0 Å². The summed E-state index contributed by atoms with van der Waals surface area (Å²) in [6, 6.07) is 16.1. The van der Waals surface area contributed by atoms with Crippen LogP contribution >= 0.6 is 0 Å². The number of nitrogens with zero attached hydrogens (tertiary/aromatic N) is 1. The molecule has 2 nitrogen and oxygen atoms in total. The van der Waals surface area contributed by atoms with Crippen LogP contribution in [0.2, 0.25) is 0 Å². The molecule has 0 saturated heterocycles. The summed E-state index contributed by atoms with van der Waals surface area (Å²) in [7, 11) is -1.10. The minimum atomic E-state index is -1.10. The molecular weight excluding hydrogens is 242 g/mol. The van der Waals surface area contributed by atoms with Crippen LogP contribution in [0.5, 0.6) is 0 Å². The minimum Gasteiger partial charge on any atom is -0.287 e. The highest BCUT2D eigenvalue weighted by Crippen LogP contribution is 2.30. The lowest BCUT2D eigenvalue weighted by atomic mass is 10.2. The summed E-state index contributed by atoms with van der Waals surface area (Å²) in [5.74, 6) is 0. The van der Waals surface area contributed by atoms with E-state index >= 15 is 0 Å². The van der Waals surface area contributed by atoms with E-state index in [0.717, 1.165) is 23.5 Å². The van der Waals surface area contributed by atoms with E-state index < -0.39 is 11.0 Å². The Bertz CT molecular complexity index is 592. The van der Waals surface area contributed by atoms with E-state index in [2.05, 4.69) is 12.1 Å². The first-order valence-electron chi connectivity index (χ1n) is 6.10. The van der Waals surface area contributed by atoms with Gasteiger partial charge in [0.2, 0.25) is 0 Å². The Morgan fingerprint density at radius 3 is 2.56 bits per heavy atom. The van der Waals surface area contributed by atoms with Crippen LogP contribution in [0.4, 0.5) is 5.69 Å². The fourth-order valence-electron chi connectivity index (χ4n) is 2.26.